The summed E-state index contributed by atoms with van der Waals surface area (Å²) in [6.45, 7) is 5.75. The highest BCUT2D eigenvalue weighted by molar-refractivity contribution is 5.09. The lowest BCUT2D eigenvalue weighted by Crippen LogP contribution is -2.18. The van der Waals surface area contributed by atoms with E-state index in [-0.39, 0.29) is 6.04 Å². The molecule has 1 N–H and O–H groups in total. The average molecular weight is 234 g/mol. The zero-order chi connectivity index (χ0) is 12.3. The summed E-state index contributed by atoms with van der Waals surface area (Å²) in [6.07, 6.45) is 5.66. The zero-order valence-corrected chi connectivity index (χ0v) is 10.5. The molecule has 2 aromatic heterocycles. The fourth-order valence-electron chi connectivity index (χ4n) is 1.60. The lowest BCUT2D eigenvalue weighted by molar-refractivity contribution is 0.555. The monoisotopic (exact) mass is 234 g/mol. The van der Waals surface area contributed by atoms with Crippen LogP contribution in [0, 0.1) is 0 Å². The number of nitrogens with one attached hydrogen (secondary N) is 1. The molecule has 2 aromatic rings. The molecule has 2 rings (SSSR count). The number of hydrogen-bond donors (Lipinski definition) is 1. The molecule has 0 amide bonds. The van der Waals surface area contributed by atoms with Gasteiger partial charge in [0.25, 0.3) is 0 Å². The van der Waals surface area contributed by atoms with Crippen molar-refractivity contribution >= 4 is 0 Å². The summed E-state index contributed by atoms with van der Waals surface area (Å²) >= 11 is 0. The lowest BCUT2D eigenvalue weighted by Gasteiger charge is -2.09. The van der Waals surface area contributed by atoms with E-state index in [0.717, 1.165) is 12.4 Å². The van der Waals surface area contributed by atoms with Gasteiger partial charge in [-0.1, -0.05) is 0 Å². The first-order valence-corrected chi connectivity index (χ1v) is 5.79. The summed E-state index contributed by atoms with van der Waals surface area (Å²) in [6, 6.07) is 0.249. The van der Waals surface area contributed by atoms with Gasteiger partial charge in [0.1, 0.15) is 6.33 Å². The van der Waals surface area contributed by atoms with Crippen LogP contribution in [-0.4, -0.2) is 24.5 Å². The van der Waals surface area contributed by atoms with Gasteiger partial charge in [0.15, 0.2) is 5.82 Å². The molecule has 0 spiro atoms. The minimum atomic E-state index is 0.249. The average Bonchev–Trinajstić information content (AvgIpc) is 2.94. The van der Waals surface area contributed by atoms with E-state index in [2.05, 4.69) is 40.5 Å². The van der Waals surface area contributed by atoms with E-state index in [9.17, 15) is 0 Å². The van der Waals surface area contributed by atoms with Crippen LogP contribution < -0.4 is 5.32 Å². The lowest BCUT2D eigenvalue weighted by atomic mass is 10.2. The van der Waals surface area contributed by atoms with Crippen molar-refractivity contribution in [3.8, 4) is 0 Å². The fourth-order valence-corrected chi connectivity index (χ4v) is 1.60. The minimum absolute atomic E-state index is 0.249. The zero-order valence-electron chi connectivity index (χ0n) is 10.5. The third-order valence-corrected chi connectivity index (χ3v) is 2.69. The third kappa shape index (κ3) is 2.91. The summed E-state index contributed by atoms with van der Waals surface area (Å²) in [7, 11) is 1.87. The first-order chi connectivity index (χ1) is 8.19. The summed E-state index contributed by atoms with van der Waals surface area (Å²) in [5.41, 5.74) is 1.18. The maximum absolute atomic E-state index is 4.26. The third-order valence-electron chi connectivity index (χ3n) is 2.69. The van der Waals surface area contributed by atoms with Gasteiger partial charge in [-0.05, 0) is 13.8 Å². The first-order valence-electron chi connectivity index (χ1n) is 5.79. The summed E-state index contributed by atoms with van der Waals surface area (Å²) < 4.78 is 3.63. The number of nitrogens with zero attached hydrogens (tertiary/aromatic N) is 5. The van der Waals surface area contributed by atoms with Crippen LogP contribution in [0.2, 0.25) is 0 Å². The van der Waals surface area contributed by atoms with Crippen molar-refractivity contribution in [2.45, 2.75) is 33.0 Å². The maximum atomic E-state index is 4.26. The van der Waals surface area contributed by atoms with Gasteiger partial charge in [-0.15, -0.1) is 0 Å². The molecule has 1 atom stereocenters. The maximum Gasteiger partial charge on any atom is 0.164 e. The molecule has 0 aromatic carbocycles. The molecule has 0 radical (unpaired) electrons. The Morgan fingerprint density at radius 1 is 1.47 bits per heavy atom. The number of rotatable bonds is 5. The second-order valence-electron chi connectivity index (χ2n) is 4.07. The fraction of sp³-hybridized carbons (Fsp3) is 0.545. The van der Waals surface area contributed by atoms with Crippen LogP contribution in [0.5, 0.6) is 0 Å². The molecule has 0 saturated heterocycles. The number of hydrogen-bond acceptors (Lipinski definition) is 4. The molecule has 17 heavy (non-hydrogen) atoms. The van der Waals surface area contributed by atoms with E-state index in [1.807, 2.05) is 17.9 Å². The van der Waals surface area contributed by atoms with Crippen LogP contribution in [0.15, 0.2) is 18.7 Å². The minimum Gasteiger partial charge on any atom is -0.303 e. The van der Waals surface area contributed by atoms with E-state index < -0.39 is 0 Å². The summed E-state index contributed by atoms with van der Waals surface area (Å²) in [4.78, 5) is 4.17. The Balaban J connectivity index is 1.90. The van der Waals surface area contributed by atoms with Gasteiger partial charge in [0, 0.05) is 31.4 Å². The van der Waals surface area contributed by atoms with Gasteiger partial charge >= 0.3 is 0 Å². The first kappa shape index (κ1) is 11.8. The molecular weight excluding hydrogens is 216 g/mol. The van der Waals surface area contributed by atoms with Crippen molar-refractivity contribution in [3.05, 3.63) is 30.1 Å². The molecule has 0 saturated carbocycles. The highest BCUT2D eigenvalue weighted by atomic mass is 15.3. The molecule has 2 heterocycles. The highest BCUT2D eigenvalue weighted by Gasteiger charge is 2.08. The van der Waals surface area contributed by atoms with Gasteiger partial charge in [0.2, 0.25) is 0 Å². The van der Waals surface area contributed by atoms with Crippen LogP contribution in [-0.2, 0) is 20.1 Å². The summed E-state index contributed by atoms with van der Waals surface area (Å²) in [5.74, 6) is 0.808. The van der Waals surface area contributed by atoms with E-state index in [1.165, 1.54) is 5.56 Å². The molecule has 0 bridgehead atoms. The van der Waals surface area contributed by atoms with Gasteiger partial charge in [0.05, 0.1) is 12.7 Å². The highest BCUT2D eigenvalue weighted by Crippen LogP contribution is 2.11. The Morgan fingerprint density at radius 2 is 2.29 bits per heavy atom. The second-order valence-corrected chi connectivity index (χ2v) is 4.07. The number of aryl methyl sites for hydroxylation is 2. The molecule has 0 aliphatic heterocycles. The Bertz CT molecular complexity index is 472. The Hall–Kier alpha value is -1.69. The van der Waals surface area contributed by atoms with E-state index in [0.29, 0.717) is 6.54 Å². The van der Waals surface area contributed by atoms with Crippen molar-refractivity contribution in [2.75, 3.05) is 0 Å². The number of aromatic nitrogens is 5. The van der Waals surface area contributed by atoms with E-state index in [1.54, 1.807) is 11.0 Å². The van der Waals surface area contributed by atoms with Crippen LogP contribution >= 0.6 is 0 Å². The Kier molecular flexibility index (Phi) is 3.53. The predicted molar refractivity (Wildman–Crippen MR) is 64.2 cm³/mol. The topological polar surface area (TPSA) is 60.6 Å². The summed E-state index contributed by atoms with van der Waals surface area (Å²) in [5, 5.41) is 11.9. The molecule has 92 valence electrons. The van der Waals surface area contributed by atoms with Gasteiger partial charge in [-0.2, -0.15) is 10.2 Å². The molecule has 6 nitrogen and oxygen atoms in total. The normalized spacial score (nSPS) is 12.9. The van der Waals surface area contributed by atoms with Crippen molar-refractivity contribution in [1.29, 1.82) is 0 Å². The van der Waals surface area contributed by atoms with Crippen LogP contribution in [0.4, 0.5) is 0 Å². The van der Waals surface area contributed by atoms with Crippen molar-refractivity contribution in [3.63, 3.8) is 0 Å². The smallest absolute Gasteiger partial charge is 0.164 e. The predicted octanol–water partition coefficient (Wildman–Crippen LogP) is 0.882. The standard InChI is InChI=1S/C11H18N6/c1-4-17-7-10(5-14-17)9(2)12-6-11-13-8-16(3)15-11/h5,7-9,12H,4,6H2,1-3H3. The molecule has 6 heteroatoms. The van der Waals surface area contributed by atoms with Crippen molar-refractivity contribution in [2.24, 2.45) is 7.05 Å². The second kappa shape index (κ2) is 5.09. The van der Waals surface area contributed by atoms with Crippen molar-refractivity contribution < 1.29 is 0 Å². The van der Waals surface area contributed by atoms with Crippen LogP contribution in [0.1, 0.15) is 31.3 Å². The molecular formula is C11H18N6. The SMILES string of the molecule is CCn1cc(C(C)NCc2ncn(C)n2)cn1. The van der Waals surface area contributed by atoms with Crippen molar-refractivity contribution in [1.82, 2.24) is 29.9 Å². The van der Waals surface area contributed by atoms with Gasteiger partial charge in [-0.25, -0.2) is 4.98 Å². The van der Waals surface area contributed by atoms with Crippen LogP contribution in [0.3, 0.4) is 0 Å². The largest absolute Gasteiger partial charge is 0.303 e. The van der Waals surface area contributed by atoms with Gasteiger partial charge in [-0.3, -0.25) is 9.36 Å². The Morgan fingerprint density at radius 3 is 2.88 bits per heavy atom. The molecule has 0 fully saturated rings. The van der Waals surface area contributed by atoms with E-state index in [4.69, 9.17) is 0 Å². The molecule has 0 aliphatic rings. The van der Waals surface area contributed by atoms with Crippen LogP contribution in [0.25, 0.3) is 0 Å². The molecule has 1 unspecified atom stereocenters. The van der Waals surface area contributed by atoms with Gasteiger partial charge < -0.3 is 5.32 Å². The van der Waals surface area contributed by atoms with E-state index >= 15 is 0 Å². The Labute approximate surface area is 101 Å². The molecule has 0 aliphatic carbocycles. The quantitative estimate of drug-likeness (QED) is 0.834.